The van der Waals surface area contributed by atoms with Gasteiger partial charge in [0.1, 0.15) is 5.82 Å². The molecule has 1 aromatic rings. The third-order valence-corrected chi connectivity index (χ3v) is 6.03. The first-order valence-electron chi connectivity index (χ1n) is 4.33. The smallest absolute Gasteiger partial charge is 0.247 e. The number of nitrogens with one attached hydrogen (secondary N) is 1. The Morgan fingerprint density at radius 3 is 2.33 bits per heavy atom. The van der Waals surface area contributed by atoms with E-state index >= 15 is 0 Å². The van der Waals surface area contributed by atoms with Crippen LogP contribution in [0, 0.1) is 5.82 Å². The van der Waals surface area contributed by atoms with Gasteiger partial charge in [-0.25, -0.2) is 21.2 Å². The summed E-state index contributed by atoms with van der Waals surface area (Å²) >= 11 is 8.60. The Bertz CT molecular complexity index is 651. The van der Waals surface area contributed by atoms with Crippen LogP contribution in [0.4, 0.5) is 10.1 Å². The van der Waals surface area contributed by atoms with Crippen molar-refractivity contribution in [1.82, 2.24) is 0 Å². The maximum Gasteiger partial charge on any atom is 0.247 e. The lowest BCUT2D eigenvalue weighted by atomic mass is 10.3. The van der Waals surface area contributed by atoms with Crippen LogP contribution in [-0.2, 0) is 19.9 Å². The highest BCUT2D eigenvalue weighted by Crippen LogP contribution is 2.32. The lowest BCUT2D eigenvalue weighted by Gasteiger charge is -2.10. The number of hydrogen-bond donors (Lipinski definition) is 1. The zero-order chi connectivity index (χ0) is 14.1. The molecule has 0 saturated carbocycles. The summed E-state index contributed by atoms with van der Waals surface area (Å²) < 4.78 is 59.9. The molecule has 0 atom stereocenters. The first kappa shape index (κ1) is 15.7. The van der Waals surface area contributed by atoms with Gasteiger partial charge in [0, 0.05) is 10.7 Å². The fraction of sp³-hybridized carbons (Fsp3) is 0.250. The SMILES string of the molecule is CS(=O)(=O)CS(=O)(=O)Nc1c(Cl)cc(F)cc1Br. The quantitative estimate of drug-likeness (QED) is 0.866. The highest BCUT2D eigenvalue weighted by atomic mass is 79.9. The molecule has 0 amide bonds. The topological polar surface area (TPSA) is 80.3 Å². The maximum absolute atomic E-state index is 12.9. The highest BCUT2D eigenvalue weighted by molar-refractivity contribution is 9.10. The first-order valence-corrected chi connectivity index (χ1v) is 9.21. The van der Waals surface area contributed by atoms with Gasteiger partial charge in [0.15, 0.2) is 14.9 Å². The van der Waals surface area contributed by atoms with Gasteiger partial charge >= 0.3 is 0 Å². The summed E-state index contributed by atoms with van der Waals surface area (Å²) in [6, 6.07) is 1.91. The van der Waals surface area contributed by atoms with E-state index < -0.39 is 30.8 Å². The standard InChI is InChI=1S/C8H8BrClFNO4S2/c1-17(13,14)4-18(15,16)12-8-6(9)2-5(11)3-7(8)10/h2-3,12H,4H2,1H3. The predicted molar refractivity (Wildman–Crippen MR) is 71.4 cm³/mol. The minimum Gasteiger partial charge on any atom is -0.280 e. The minimum absolute atomic E-state index is 0.0737. The molecule has 0 aliphatic carbocycles. The summed E-state index contributed by atoms with van der Waals surface area (Å²) in [6.07, 6.45) is 0.785. The van der Waals surface area contributed by atoms with Gasteiger partial charge in [-0.1, -0.05) is 11.6 Å². The Labute approximate surface area is 117 Å². The van der Waals surface area contributed by atoms with Crippen LogP contribution in [0.2, 0.25) is 5.02 Å². The molecule has 0 spiro atoms. The third kappa shape index (κ3) is 4.71. The molecule has 1 rings (SSSR count). The van der Waals surface area contributed by atoms with E-state index in [9.17, 15) is 21.2 Å². The first-order chi connectivity index (χ1) is 8.00. The van der Waals surface area contributed by atoms with E-state index in [2.05, 4.69) is 15.9 Å². The van der Waals surface area contributed by atoms with E-state index in [1.165, 1.54) is 0 Å². The molecule has 0 radical (unpaired) electrons. The second kappa shape index (κ2) is 5.32. The number of benzene rings is 1. The molecule has 0 heterocycles. The lowest BCUT2D eigenvalue weighted by molar-refractivity contribution is 0.594. The number of sulfonamides is 1. The zero-order valence-electron chi connectivity index (χ0n) is 8.95. The van der Waals surface area contributed by atoms with Crippen molar-refractivity contribution in [3.05, 3.63) is 27.4 Å². The average molecular weight is 381 g/mol. The van der Waals surface area contributed by atoms with Crippen molar-refractivity contribution < 1.29 is 21.2 Å². The van der Waals surface area contributed by atoms with Gasteiger partial charge in [-0.2, -0.15) is 0 Å². The molecule has 18 heavy (non-hydrogen) atoms. The van der Waals surface area contributed by atoms with Gasteiger partial charge in [0.05, 0.1) is 10.7 Å². The summed E-state index contributed by atoms with van der Waals surface area (Å²) in [5.74, 6) is -0.655. The molecule has 0 unspecified atom stereocenters. The molecular formula is C8H8BrClFNO4S2. The third-order valence-electron chi connectivity index (χ3n) is 1.63. The molecule has 0 saturated heterocycles. The van der Waals surface area contributed by atoms with Crippen molar-refractivity contribution in [2.45, 2.75) is 0 Å². The van der Waals surface area contributed by atoms with Crippen LogP contribution in [0.3, 0.4) is 0 Å². The fourth-order valence-corrected chi connectivity index (χ4v) is 5.21. The second-order valence-electron chi connectivity index (χ2n) is 3.50. The highest BCUT2D eigenvalue weighted by Gasteiger charge is 2.21. The van der Waals surface area contributed by atoms with Crippen molar-refractivity contribution in [2.24, 2.45) is 0 Å². The average Bonchev–Trinajstić information content (AvgIpc) is 2.07. The maximum atomic E-state index is 12.9. The summed E-state index contributed by atoms with van der Waals surface area (Å²) in [4.78, 5) is 0. The van der Waals surface area contributed by atoms with E-state index in [0.29, 0.717) is 0 Å². The van der Waals surface area contributed by atoms with E-state index in [1.807, 2.05) is 4.72 Å². The van der Waals surface area contributed by atoms with Gasteiger partial charge in [0.25, 0.3) is 0 Å². The van der Waals surface area contributed by atoms with Gasteiger partial charge < -0.3 is 0 Å². The van der Waals surface area contributed by atoms with Crippen LogP contribution in [0.25, 0.3) is 0 Å². The van der Waals surface area contributed by atoms with Crippen LogP contribution in [0.5, 0.6) is 0 Å². The van der Waals surface area contributed by atoms with Gasteiger partial charge in [0.2, 0.25) is 10.0 Å². The van der Waals surface area contributed by atoms with Crippen molar-refractivity contribution in [1.29, 1.82) is 0 Å². The van der Waals surface area contributed by atoms with Crippen LogP contribution in [0.15, 0.2) is 16.6 Å². The number of rotatable bonds is 4. The number of hydrogen-bond acceptors (Lipinski definition) is 4. The Balaban J connectivity index is 3.13. The fourth-order valence-electron chi connectivity index (χ4n) is 1.11. The minimum atomic E-state index is -4.13. The van der Waals surface area contributed by atoms with Gasteiger partial charge in [-0.15, -0.1) is 0 Å². The molecule has 0 fully saturated rings. The molecule has 10 heteroatoms. The Morgan fingerprint density at radius 2 is 1.89 bits per heavy atom. The van der Waals surface area contributed by atoms with E-state index in [-0.39, 0.29) is 15.2 Å². The van der Waals surface area contributed by atoms with Crippen LogP contribution < -0.4 is 4.72 Å². The van der Waals surface area contributed by atoms with Crippen LogP contribution in [-0.4, -0.2) is 28.2 Å². The molecular weight excluding hydrogens is 373 g/mol. The largest absolute Gasteiger partial charge is 0.280 e. The van der Waals surface area contributed by atoms with E-state index in [1.54, 1.807) is 0 Å². The van der Waals surface area contributed by atoms with E-state index in [4.69, 9.17) is 11.6 Å². The van der Waals surface area contributed by atoms with Crippen molar-refractivity contribution >= 4 is 53.1 Å². The van der Waals surface area contributed by atoms with Crippen molar-refractivity contribution in [3.8, 4) is 0 Å². The molecule has 0 aromatic heterocycles. The summed E-state index contributed by atoms with van der Waals surface area (Å²) in [5, 5.41) is -1.26. The molecule has 0 bridgehead atoms. The summed E-state index contributed by atoms with van der Waals surface area (Å²) in [5.41, 5.74) is -0.110. The number of anilines is 1. The second-order valence-corrected chi connectivity index (χ2v) is 8.99. The predicted octanol–water partition coefficient (Wildman–Crippen LogP) is 1.99. The normalized spacial score (nSPS) is 12.4. The van der Waals surface area contributed by atoms with Crippen LogP contribution in [0.1, 0.15) is 0 Å². The lowest BCUT2D eigenvalue weighted by Crippen LogP contribution is -2.22. The zero-order valence-corrected chi connectivity index (χ0v) is 12.9. The molecule has 0 aliphatic rings. The molecule has 1 aromatic carbocycles. The molecule has 5 nitrogen and oxygen atoms in total. The van der Waals surface area contributed by atoms with Crippen molar-refractivity contribution in [3.63, 3.8) is 0 Å². The Kier molecular flexibility index (Phi) is 4.63. The molecule has 1 N–H and O–H groups in total. The number of sulfone groups is 1. The molecule has 102 valence electrons. The summed E-state index contributed by atoms with van der Waals surface area (Å²) in [7, 11) is -7.84. The number of halogens is 3. The van der Waals surface area contributed by atoms with Gasteiger partial charge in [-0.3, -0.25) is 4.72 Å². The summed E-state index contributed by atoms with van der Waals surface area (Å²) in [6.45, 7) is 0. The van der Waals surface area contributed by atoms with Crippen molar-refractivity contribution in [2.75, 3.05) is 16.1 Å². The van der Waals surface area contributed by atoms with Crippen LogP contribution >= 0.6 is 27.5 Å². The monoisotopic (exact) mass is 379 g/mol. The van der Waals surface area contributed by atoms with Gasteiger partial charge in [-0.05, 0) is 28.1 Å². The Morgan fingerprint density at radius 1 is 1.33 bits per heavy atom. The molecule has 0 aliphatic heterocycles. The Hall–Kier alpha value is -0.380. The van der Waals surface area contributed by atoms with E-state index in [0.717, 1.165) is 18.4 Å².